The first kappa shape index (κ1) is 17.7. The number of nitrogens with zero attached hydrogens (tertiary/aromatic N) is 1. The minimum absolute atomic E-state index is 0.149. The molecule has 0 unspecified atom stereocenters. The first-order chi connectivity index (χ1) is 11.8. The van der Waals surface area contributed by atoms with Gasteiger partial charge in [-0.3, -0.25) is 4.79 Å². The topological polar surface area (TPSA) is 51.2 Å². The number of carbonyl (C=O) groups excluding carboxylic acids is 1. The largest absolute Gasteiger partial charge is 0.468 e. The standard InChI is InChI=1S/C17H14BrF3N2O2/c18-12-3-1-11(2-4-12)16(7-8-16)15(24)23-13-5-6-14(22-9-13)25-10-17(19,20)21/h1-6,9H,7-8,10H2,(H,23,24). The summed E-state index contributed by atoms with van der Waals surface area (Å²) in [6.07, 6.45) is -1.64. The molecule has 1 N–H and O–H groups in total. The van der Waals surface area contributed by atoms with Crippen molar-refractivity contribution >= 4 is 27.5 Å². The molecule has 0 bridgehead atoms. The van der Waals surface area contributed by atoms with Crippen LogP contribution in [0.4, 0.5) is 18.9 Å². The number of carbonyl (C=O) groups is 1. The quantitative estimate of drug-likeness (QED) is 0.785. The molecule has 2 aromatic rings. The zero-order valence-electron chi connectivity index (χ0n) is 12.9. The number of nitrogens with one attached hydrogen (secondary N) is 1. The van der Waals surface area contributed by atoms with Crippen LogP contribution in [-0.4, -0.2) is 23.7 Å². The van der Waals surface area contributed by atoms with Crippen molar-refractivity contribution in [3.8, 4) is 5.88 Å². The highest BCUT2D eigenvalue weighted by Crippen LogP contribution is 2.49. The van der Waals surface area contributed by atoms with Crippen LogP contribution in [0.5, 0.6) is 5.88 Å². The molecular weight excluding hydrogens is 401 g/mol. The highest BCUT2D eigenvalue weighted by atomic mass is 79.9. The van der Waals surface area contributed by atoms with Crippen LogP contribution in [0.1, 0.15) is 18.4 Å². The number of amides is 1. The molecular formula is C17H14BrF3N2O2. The summed E-state index contributed by atoms with van der Waals surface area (Å²) < 4.78 is 41.8. The molecule has 25 heavy (non-hydrogen) atoms. The van der Waals surface area contributed by atoms with Crippen LogP contribution in [-0.2, 0) is 10.2 Å². The normalized spacial score (nSPS) is 15.5. The third-order valence-electron chi connectivity index (χ3n) is 3.96. The number of hydrogen-bond donors (Lipinski definition) is 1. The number of anilines is 1. The van der Waals surface area contributed by atoms with Gasteiger partial charge in [0.2, 0.25) is 11.8 Å². The number of benzene rings is 1. The van der Waals surface area contributed by atoms with Crippen molar-refractivity contribution in [2.45, 2.75) is 24.4 Å². The van der Waals surface area contributed by atoms with Crippen LogP contribution < -0.4 is 10.1 Å². The summed E-state index contributed by atoms with van der Waals surface area (Å²) in [4.78, 5) is 16.4. The van der Waals surface area contributed by atoms with E-state index in [1.807, 2.05) is 24.3 Å². The summed E-state index contributed by atoms with van der Waals surface area (Å²) in [6.45, 7) is -1.40. The zero-order valence-corrected chi connectivity index (χ0v) is 14.5. The number of aromatic nitrogens is 1. The van der Waals surface area contributed by atoms with E-state index in [1.165, 1.54) is 18.3 Å². The predicted octanol–water partition coefficient (Wildman–Crippen LogP) is 4.46. The van der Waals surface area contributed by atoms with Gasteiger partial charge in [0.1, 0.15) is 0 Å². The molecule has 0 aliphatic heterocycles. The monoisotopic (exact) mass is 414 g/mol. The maximum Gasteiger partial charge on any atom is 0.422 e. The van der Waals surface area contributed by atoms with Gasteiger partial charge >= 0.3 is 6.18 Å². The third-order valence-corrected chi connectivity index (χ3v) is 4.49. The zero-order chi connectivity index (χ0) is 18.1. The van der Waals surface area contributed by atoms with E-state index in [9.17, 15) is 18.0 Å². The van der Waals surface area contributed by atoms with Crippen LogP contribution >= 0.6 is 15.9 Å². The average molecular weight is 415 g/mol. The van der Waals surface area contributed by atoms with Crippen molar-refractivity contribution in [2.24, 2.45) is 0 Å². The van der Waals surface area contributed by atoms with Crippen LogP contribution in [0.3, 0.4) is 0 Å². The summed E-state index contributed by atoms with van der Waals surface area (Å²) in [5, 5.41) is 2.77. The Balaban J connectivity index is 1.64. The number of halogens is 4. The molecule has 0 radical (unpaired) electrons. The smallest absolute Gasteiger partial charge is 0.422 e. The number of rotatable bonds is 5. The van der Waals surface area contributed by atoms with Gasteiger partial charge in [0.15, 0.2) is 6.61 Å². The van der Waals surface area contributed by atoms with Gasteiger partial charge in [-0.05, 0) is 36.6 Å². The van der Waals surface area contributed by atoms with E-state index in [2.05, 4.69) is 31.0 Å². The molecule has 1 aliphatic carbocycles. The van der Waals surface area contributed by atoms with Gasteiger partial charge in [-0.1, -0.05) is 28.1 Å². The Labute approximate surface area is 150 Å². The Bertz CT molecular complexity index is 757. The van der Waals surface area contributed by atoms with Gasteiger partial charge in [0, 0.05) is 10.5 Å². The third kappa shape index (κ3) is 4.31. The summed E-state index contributed by atoms with van der Waals surface area (Å²) in [5.74, 6) is -0.301. The van der Waals surface area contributed by atoms with E-state index < -0.39 is 18.2 Å². The van der Waals surface area contributed by atoms with Gasteiger partial charge < -0.3 is 10.1 Å². The van der Waals surface area contributed by atoms with Crippen LogP contribution in [0.25, 0.3) is 0 Å². The highest BCUT2D eigenvalue weighted by Gasteiger charge is 2.51. The molecule has 0 atom stereocenters. The van der Waals surface area contributed by atoms with Gasteiger partial charge in [0.05, 0.1) is 17.3 Å². The Morgan fingerprint density at radius 1 is 1.20 bits per heavy atom. The fraction of sp³-hybridized carbons (Fsp3) is 0.294. The molecule has 8 heteroatoms. The molecule has 1 amide bonds. The lowest BCUT2D eigenvalue weighted by molar-refractivity contribution is -0.154. The molecule has 1 saturated carbocycles. The second-order valence-corrected chi connectivity index (χ2v) is 6.75. The number of ether oxygens (including phenoxy) is 1. The highest BCUT2D eigenvalue weighted by molar-refractivity contribution is 9.10. The van der Waals surface area contributed by atoms with E-state index in [0.29, 0.717) is 5.69 Å². The van der Waals surface area contributed by atoms with Gasteiger partial charge in [-0.2, -0.15) is 13.2 Å². The lowest BCUT2D eigenvalue weighted by Gasteiger charge is -2.16. The molecule has 3 rings (SSSR count). The Morgan fingerprint density at radius 3 is 2.40 bits per heavy atom. The predicted molar refractivity (Wildman–Crippen MR) is 89.5 cm³/mol. The van der Waals surface area contributed by atoms with E-state index in [1.54, 1.807) is 0 Å². The molecule has 1 heterocycles. The van der Waals surface area contributed by atoms with E-state index in [0.717, 1.165) is 22.9 Å². The van der Waals surface area contributed by atoms with E-state index in [-0.39, 0.29) is 11.8 Å². The second-order valence-electron chi connectivity index (χ2n) is 5.83. The minimum Gasteiger partial charge on any atom is -0.468 e. The molecule has 1 aromatic heterocycles. The molecule has 1 aliphatic rings. The molecule has 1 aromatic carbocycles. The van der Waals surface area contributed by atoms with Crippen LogP contribution in [0.2, 0.25) is 0 Å². The van der Waals surface area contributed by atoms with Gasteiger partial charge in [-0.15, -0.1) is 0 Å². The van der Waals surface area contributed by atoms with Crippen molar-refractivity contribution in [1.29, 1.82) is 0 Å². The lowest BCUT2D eigenvalue weighted by Crippen LogP contribution is -2.27. The van der Waals surface area contributed by atoms with Crippen LogP contribution in [0.15, 0.2) is 47.1 Å². The first-order valence-electron chi connectivity index (χ1n) is 7.52. The SMILES string of the molecule is O=C(Nc1ccc(OCC(F)(F)F)nc1)C1(c2ccc(Br)cc2)CC1. The summed E-state index contributed by atoms with van der Waals surface area (Å²) in [7, 11) is 0. The van der Waals surface area contributed by atoms with Gasteiger partial charge in [-0.25, -0.2) is 4.98 Å². The Kier molecular flexibility index (Phi) is 4.73. The first-order valence-corrected chi connectivity index (χ1v) is 8.31. The van der Waals surface area contributed by atoms with Crippen LogP contribution in [0, 0.1) is 0 Å². The van der Waals surface area contributed by atoms with Crippen molar-refractivity contribution in [3.05, 3.63) is 52.6 Å². The minimum atomic E-state index is -4.42. The summed E-state index contributed by atoms with van der Waals surface area (Å²) >= 11 is 3.36. The lowest BCUT2D eigenvalue weighted by atomic mass is 9.95. The molecule has 0 spiro atoms. The van der Waals surface area contributed by atoms with Crippen molar-refractivity contribution < 1.29 is 22.7 Å². The van der Waals surface area contributed by atoms with E-state index in [4.69, 9.17) is 0 Å². The van der Waals surface area contributed by atoms with Gasteiger partial charge in [0.25, 0.3) is 0 Å². The average Bonchev–Trinajstić information content (AvgIpc) is 3.36. The van der Waals surface area contributed by atoms with E-state index >= 15 is 0 Å². The fourth-order valence-electron chi connectivity index (χ4n) is 2.49. The van der Waals surface area contributed by atoms with Crippen molar-refractivity contribution in [1.82, 2.24) is 4.98 Å². The molecule has 0 saturated heterocycles. The summed E-state index contributed by atoms with van der Waals surface area (Å²) in [6, 6.07) is 10.3. The Morgan fingerprint density at radius 2 is 1.88 bits per heavy atom. The molecule has 1 fully saturated rings. The van der Waals surface area contributed by atoms with Crippen molar-refractivity contribution in [3.63, 3.8) is 0 Å². The second kappa shape index (κ2) is 6.67. The fourth-order valence-corrected chi connectivity index (χ4v) is 2.75. The number of alkyl halides is 3. The Hall–Kier alpha value is -2.09. The number of hydrogen-bond acceptors (Lipinski definition) is 3. The molecule has 132 valence electrons. The summed E-state index contributed by atoms with van der Waals surface area (Å²) in [5.41, 5.74) is 0.797. The maximum atomic E-state index is 12.6. The maximum absolute atomic E-state index is 12.6. The number of pyridine rings is 1. The molecule has 4 nitrogen and oxygen atoms in total. The van der Waals surface area contributed by atoms with Crippen molar-refractivity contribution in [2.75, 3.05) is 11.9 Å².